The first kappa shape index (κ1) is 23.1. The zero-order valence-corrected chi connectivity index (χ0v) is 20.2. The van der Waals surface area contributed by atoms with Gasteiger partial charge in [0.2, 0.25) is 0 Å². The molecule has 1 saturated heterocycles. The Hall–Kier alpha value is -2.56. The van der Waals surface area contributed by atoms with Crippen molar-refractivity contribution in [2.24, 2.45) is 0 Å². The fourth-order valence-electron chi connectivity index (χ4n) is 2.70. The Morgan fingerprint density at radius 2 is 1.90 bits per heavy atom. The number of hydrogen-bond acceptors (Lipinski definition) is 7. The third kappa shape index (κ3) is 5.20. The predicted molar refractivity (Wildman–Crippen MR) is 127 cm³/mol. The highest BCUT2D eigenvalue weighted by atomic mass is 79.9. The average Bonchev–Trinajstić information content (AvgIpc) is 3.03. The number of methoxy groups -OCH3 is 2. The molecular weight excluding hydrogens is 504 g/mol. The Morgan fingerprint density at radius 1 is 1.19 bits per heavy atom. The summed E-state index contributed by atoms with van der Waals surface area (Å²) in [6, 6.07) is 10.1. The Kier molecular flexibility index (Phi) is 7.58. The molecule has 0 unspecified atom stereocenters. The predicted octanol–water partition coefficient (Wildman–Crippen LogP) is 4.41. The van der Waals surface area contributed by atoms with Crippen molar-refractivity contribution in [2.75, 3.05) is 20.8 Å². The van der Waals surface area contributed by atoms with Crippen LogP contribution in [0.25, 0.3) is 6.08 Å². The van der Waals surface area contributed by atoms with Gasteiger partial charge in [0.25, 0.3) is 11.8 Å². The molecule has 10 heteroatoms. The van der Waals surface area contributed by atoms with Crippen molar-refractivity contribution in [1.82, 2.24) is 10.4 Å². The second-order valence-electron chi connectivity index (χ2n) is 6.14. The van der Waals surface area contributed by atoms with Gasteiger partial charge in [0.15, 0.2) is 15.8 Å². The van der Waals surface area contributed by atoms with Gasteiger partial charge in [0.1, 0.15) is 5.75 Å². The van der Waals surface area contributed by atoms with Crippen LogP contribution >= 0.6 is 39.9 Å². The molecule has 0 saturated carbocycles. The molecule has 31 heavy (non-hydrogen) atoms. The zero-order valence-electron chi connectivity index (χ0n) is 16.9. The number of amides is 2. The summed E-state index contributed by atoms with van der Waals surface area (Å²) in [6.45, 7) is 2.38. The number of thioether (sulfide) groups is 1. The molecule has 2 amide bonds. The molecule has 1 N–H and O–H groups in total. The van der Waals surface area contributed by atoms with E-state index in [2.05, 4.69) is 21.4 Å². The smallest absolute Gasteiger partial charge is 0.285 e. The lowest BCUT2D eigenvalue weighted by Gasteiger charge is -2.15. The van der Waals surface area contributed by atoms with E-state index in [4.69, 9.17) is 26.4 Å². The maximum atomic E-state index is 12.9. The molecule has 1 heterocycles. The Bertz CT molecular complexity index is 1060. The summed E-state index contributed by atoms with van der Waals surface area (Å²) >= 11 is 9.88. The average molecular weight is 523 g/mol. The van der Waals surface area contributed by atoms with E-state index in [0.717, 1.165) is 21.2 Å². The quantitative estimate of drug-likeness (QED) is 0.426. The van der Waals surface area contributed by atoms with Gasteiger partial charge in [0.05, 0.1) is 25.7 Å². The summed E-state index contributed by atoms with van der Waals surface area (Å²) in [5.74, 6) is 0.884. The summed E-state index contributed by atoms with van der Waals surface area (Å²) < 4.78 is 17.0. The molecule has 1 aliphatic heterocycles. The summed E-state index contributed by atoms with van der Waals surface area (Å²) in [7, 11) is 3.09. The van der Waals surface area contributed by atoms with Crippen molar-refractivity contribution in [3.63, 3.8) is 0 Å². The van der Waals surface area contributed by atoms with Crippen molar-refractivity contribution in [3.05, 3.63) is 56.9 Å². The third-order valence-corrected chi connectivity index (χ3v) is 6.22. The molecule has 2 aromatic rings. The lowest BCUT2D eigenvalue weighted by molar-refractivity contribution is -0.123. The minimum Gasteiger partial charge on any atom is -0.497 e. The minimum atomic E-state index is -0.455. The molecular formula is C21H19BrN2O5S2. The first-order valence-corrected chi connectivity index (χ1v) is 11.1. The molecule has 1 fully saturated rings. The Labute approximate surface area is 197 Å². The molecule has 0 atom stereocenters. The van der Waals surface area contributed by atoms with E-state index in [9.17, 15) is 9.59 Å². The van der Waals surface area contributed by atoms with Gasteiger partial charge in [-0.2, -0.15) is 5.01 Å². The van der Waals surface area contributed by atoms with Crippen molar-refractivity contribution in [2.45, 2.75) is 6.92 Å². The number of thiocarbonyl (C=S) groups is 1. The normalized spacial score (nSPS) is 14.7. The fraction of sp³-hybridized carbons (Fsp3) is 0.190. The number of hydrazine groups is 1. The van der Waals surface area contributed by atoms with E-state index in [1.54, 1.807) is 56.7 Å². The van der Waals surface area contributed by atoms with E-state index < -0.39 is 11.8 Å². The molecule has 0 radical (unpaired) electrons. The van der Waals surface area contributed by atoms with Crippen LogP contribution in [0.1, 0.15) is 22.8 Å². The molecule has 0 bridgehead atoms. The molecule has 162 valence electrons. The molecule has 3 rings (SSSR count). The first-order valence-electron chi connectivity index (χ1n) is 9.11. The van der Waals surface area contributed by atoms with Gasteiger partial charge in [-0.3, -0.25) is 15.0 Å². The van der Waals surface area contributed by atoms with E-state index in [-0.39, 0.29) is 4.32 Å². The number of benzene rings is 2. The van der Waals surface area contributed by atoms with Gasteiger partial charge in [-0.1, -0.05) is 27.7 Å². The fourth-order valence-corrected chi connectivity index (χ4v) is 4.31. The number of ether oxygens (including phenoxy) is 3. The molecule has 1 aliphatic rings. The van der Waals surface area contributed by atoms with E-state index in [0.29, 0.717) is 39.9 Å². The van der Waals surface area contributed by atoms with Crippen LogP contribution in [-0.2, 0) is 4.79 Å². The first-order chi connectivity index (χ1) is 14.9. The van der Waals surface area contributed by atoms with Crippen molar-refractivity contribution in [3.8, 4) is 17.2 Å². The van der Waals surface area contributed by atoms with Gasteiger partial charge < -0.3 is 14.2 Å². The number of carbonyl (C=O) groups is 2. The summed E-state index contributed by atoms with van der Waals surface area (Å²) in [5.41, 5.74) is 3.64. The standard InChI is InChI=1S/C21H19BrN2O5S2/c1-4-29-17-11-15(22)13(9-16(17)28-3)10-18-20(26)24(21(30)31-18)23-19(25)12-5-7-14(27-2)8-6-12/h5-11H,4H2,1-3H3,(H,23,25)/b18-10-. The monoisotopic (exact) mass is 522 g/mol. The van der Waals surface area contributed by atoms with Gasteiger partial charge in [0, 0.05) is 10.0 Å². The van der Waals surface area contributed by atoms with E-state index >= 15 is 0 Å². The topological polar surface area (TPSA) is 77.1 Å². The molecule has 7 nitrogen and oxygen atoms in total. The summed E-state index contributed by atoms with van der Waals surface area (Å²) in [4.78, 5) is 25.8. The van der Waals surface area contributed by atoms with Gasteiger partial charge in [-0.25, -0.2) is 0 Å². The number of carbonyl (C=O) groups excluding carboxylic acids is 2. The minimum absolute atomic E-state index is 0.229. The molecule has 0 aromatic heterocycles. The number of nitrogens with zero attached hydrogens (tertiary/aromatic N) is 1. The molecule has 2 aromatic carbocycles. The van der Waals surface area contributed by atoms with Crippen LogP contribution in [0.15, 0.2) is 45.8 Å². The van der Waals surface area contributed by atoms with Crippen LogP contribution in [0.4, 0.5) is 0 Å². The van der Waals surface area contributed by atoms with Crippen LogP contribution in [0.2, 0.25) is 0 Å². The highest BCUT2D eigenvalue weighted by Gasteiger charge is 2.34. The number of rotatable bonds is 7. The van der Waals surface area contributed by atoms with Crippen LogP contribution < -0.4 is 19.6 Å². The summed E-state index contributed by atoms with van der Waals surface area (Å²) in [5, 5.41) is 1.07. The lowest BCUT2D eigenvalue weighted by Crippen LogP contribution is -2.44. The second kappa shape index (κ2) is 10.2. The number of halogens is 1. The zero-order chi connectivity index (χ0) is 22.5. The Morgan fingerprint density at radius 3 is 2.52 bits per heavy atom. The number of nitrogens with one attached hydrogen (secondary N) is 1. The van der Waals surface area contributed by atoms with Gasteiger partial charge in [-0.05, 0) is 67.2 Å². The highest BCUT2D eigenvalue weighted by Crippen LogP contribution is 2.37. The maximum Gasteiger partial charge on any atom is 0.285 e. The molecule has 0 aliphatic carbocycles. The lowest BCUT2D eigenvalue weighted by atomic mass is 10.2. The summed E-state index contributed by atoms with van der Waals surface area (Å²) in [6.07, 6.45) is 1.68. The highest BCUT2D eigenvalue weighted by molar-refractivity contribution is 9.10. The van der Waals surface area contributed by atoms with Crippen LogP contribution in [-0.4, -0.2) is 42.0 Å². The Balaban J connectivity index is 1.81. The van der Waals surface area contributed by atoms with Gasteiger partial charge in [-0.15, -0.1) is 0 Å². The van der Waals surface area contributed by atoms with Crippen LogP contribution in [0.5, 0.6) is 17.2 Å². The largest absolute Gasteiger partial charge is 0.497 e. The van der Waals surface area contributed by atoms with Crippen LogP contribution in [0, 0.1) is 0 Å². The van der Waals surface area contributed by atoms with Crippen molar-refractivity contribution >= 4 is 62.1 Å². The number of hydrogen-bond donors (Lipinski definition) is 1. The van der Waals surface area contributed by atoms with Gasteiger partial charge >= 0.3 is 0 Å². The van der Waals surface area contributed by atoms with Crippen molar-refractivity contribution < 1.29 is 23.8 Å². The SMILES string of the molecule is CCOc1cc(Br)c(/C=C2\SC(=S)N(NC(=O)c3ccc(OC)cc3)C2=O)cc1OC. The van der Waals surface area contributed by atoms with Crippen LogP contribution in [0.3, 0.4) is 0 Å². The second-order valence-corrected chi connectivity index (χ2v) is 8.67. The molecule has 0 spiro atoms. The van der Waals surface area contributed by atoms with E-state index in [1.165, 1.54) is 0 Å². The maximum absolute atomic E-state index is 12.9. The van der Waals surface area contributed by atoms with E-state index in [1.807, 2.05) is 6.92 Å². The van der Waals surface area contributed by atoms with Crippen molar-refractivity contribution in [1.29, 1.82) is 0 Å². The third-order valence-electron chi connectivity index (χ3n) is 4.23.